The number of alkyl carbamates (subject to hydrolysis) is 1. The van der Waals surface area contributed by atoms with Crippen LogP contribution in [-0.2, 0) is 11.2 Å². The number of hydrogen-bond acceptors (Lipinski definition) is 9. The van der Waals surface area contributed by atoms with E-state index < -0.39 is 17.6 Å². The molecule has 2 N–H and O–H groups in total. The maximum atomic E-state index is 13.5. The minimum atomic E-state index is -1.33. The molecule has 328 valence electrons. The van der Waals surface area contributed by atoms with E-state index in [2.05, 4.69) is 22.8 Å². The fourth-order valence-corrected chi connectivity index (χ4v) is 9.95. The summed E-state index contributed by atoms with van der Waals surface area (Å²) in [4.78, 5) is 56.2. The summed E-state index contributed by atoms with van der Waals surface area (Å²) in [6.07, 6.45) is 5.17. The molecule has 4 heterocycles. The Balaban J connectivity index is 0.764. The average molecular weight is 855 g/mol. The Kier molecular flexibility index (Phi) is 11.0. The summed E-state index contributed by atoms with van der Waals surface area (Å²) in [5.74, 6) is 0.430. The van der Waals surface area contributed by atoms with Crippen LogP contribution in [0.25, 0.3) is 33.4 Å². The Labute approximate surface area is 366 Å². The number of rotatable bonds is 13. The average Bonchev–Trinajstić information content (AvgIpc) is 3.63. The molecule has 9 rings (SSSR count). The normalized spacial score (nSPS) is 17.2. The Morgan fingerprint density at radius 3 is 2.43 bits per heavy atom. The highest BCUT2D eigenvalue weighted by Gasteiger charge is 2.57. The number of cyclic esters (lactones) is 1. The van der Waals surface area contributed by atoms with Crippen LogP contribution in [0.4, 0.5) is 15.3 Å². The van der Waals surface area contributed by atoms with Crippen molar-refractivity contribution in [1.82, 2.24) is 25.0 Å². The summed E-state index contributed by atoms with van der Waals surface area (Å²) < 4.78 is 19.7. The van der Waals surface area contributed by atoms with Crippen molar-refractivity contribution in [1.29, 1.82) is 0 Å². The number of nitrogens with one attached hydrogen (secondary N) is 2. The number of carboxylic acids is 1. The highest BCUT2D eigenvalue weighted by molar-refractivity contribution is 6.09. The first-order chi connectivity index (χ1) is 30.3. The minimum Gasteiger partial charge on any atom is -0.545 e. The number of nitrogens with zero attached hydrogens (tertiary/aromatic N) is 4. The Morgan fingerprint density at radius 1 is 0.921 bits per heavy atom. The van der Waals surface area contributed by atoms with Crippen LogP contribution in [0.5, 0.6) is 5.75 Å². The van der Waals surface area contributed by atoms with E-state index in [9.17, 15) is 24.3 Å². The summed E-state index contributed by atoms with van der Waals surface area (Å²) in [6.45, 7) is 3.94. The van der Waals surface area contributed by atoms with Crippen LogP contribution in [0.3, 0.4) is 0 Å². The predicted octanol–water partition coefficient (Wildman–Crippen LogP) is 4.81. The van der Waals surface area contributed by atoms with Gasteiger partial charge in [-0.3, -0.25) is 4.79 Å². The molecule has 2 aliphatic carbocycles. The largest absolute Gasteiger partial charge is 0.545 e. The van der Waals surface area contributed by atoms with Crippen molar-refractivity contribution >= 4 is 40.7 Å². The number of carbonyl (C=O) groups excluding carboxylic acids is 4. The predicted molar refractivity (Wildman–Crippen MR) is 237 cm³/mol. The second kappa shape index (κ2) is 16.6. The fourth-order valence-electron chi connectivity index (χ4n) is 9.95. The number of carbonyl (C=O) groups is 4. The van der Waals surface area contributed by atoms with Gasteiger partial charge in [0.15, 0.2) is 0 Å². The van der Waals surface area contributed by atoms with Gasteiger partial charge in [-0.1, -0.05) is 24.3 Å². The molecule has 14 heteroatoms. The molecule has 0 radical (unpaired) electrons. The zero-order chi connectivity index (χ0) is 44.0. The molecular formula is C49H54N6O8. The van der Waals surface area contributed by atoms with Gasteiger partial charge in [-0.15, -0.1) is 0 Å². The number of hydrogen-bond donors (Lipinski definition) is 2. The Morgan fingerprint density at radius 2 is 1.70 bits per heavy atom. The lowest BCUT2D eigenvalue weighted by molar-refractivity contribution is -0.254. The molecule has 63 heavy (non-hydrogen) atoms. The number of likely N-dealkylation sites (tertiary alicyclic amines) is 2. The van der Waals surface area contributed by atoms with Gasteiger partial charge in [-0.05, 0) is 92.0 Å². The van der Waals surface area contributed by atoms with Gasteiger partial charge in [-0.25, -0.2) is 14.2 Å². The van der Waals surface area contributed by atoms with Crippen LogP contribution in [-0.4, -0.2) is 113 Å². The van der Waals surface area contributed by atoms with Crippen LogP contribution in [0.1, 0.15) is 58.4 Å². The summed E-state index contributed by atoms with van der Waals surface area (Å²) in [5.41, 5.74) is 4.63. The fraction of sp³-hybridized carbons (Fsp3) is 0.408. The number of benzene rings is 4. The van der Waals surface area contributed by atoms with E-state index in [0.717, 1.165) is 79.4 Å². The van der Waals surface area contributed by atoms with Gasteiger partial charge in [0.2, 0.25) is 5.36 Å². The third-order valence-electron chi connectivity index (χ3n) is 13.2. The summed E-state index contributed by atoms with van der Waals surface area (Å²) in [6, 6.07) is 24.5. The quantitative estimate of drug-likeness (QED) is 0.0963. The van der Waals surface area contributed by atoms with E-state index in [1.807, 2.05) is 91.1 Å². The molecule has 0 aromatic heterocycles. The van der Waals surface area contributed by atoms with E-state index in [1.165, 1.54) is 17.7 Å². The van der Waals surface area contributed by atoms with E-state index in [0.29, 0.717) is 66.8 Å². The Bertz CT molecular complexity index is 2650. The highest BCUT2D eigenvalue weighted by Crippen LogP contribution is 2.53. The van der Waals surface area contributed by atoms with Crippen molar-refractivity contribution in [3.63, 3.8) is 0 Å². The van der Waals surface area contributed by atoms with Crippen LogP contribution >= 0.6 is 0 Å². The molecular weight excluding hydrogens is 801 g/mol. The number of amides is 4. The summed E-state index contributed by atoms with van der Waals surface area (Å²) in [7, 11) is 7.78. The van der Waals surface area contributed by atoms with Gasteiger partial charge in [0.1, 0.15) is 43.3 Å². The summed E-state index contributed by atoms with van der Waals surface area (Å²) in [5, 5.41) is 20.1. The van der Waals surface area contributed by atoms with Gasteiger partial charge in [0.05, 0.1) is 31.7 Å². The summed E-state index contributed by atoms with van der Waals surface area (Å²) >= 11 is 0. The minimum absolute atomic E-state index is 0.0132. The maximum Gasteiger partial charge on any atom is 0.407 e. The molecule has 0 unspecified atom stereocenters. The smallest absolute Gasteiger partial charge is 0.407 e. The first-order valence-corrected chi connectivity index (χ1v) is 21.8. The maximum absolute atomic E-state index is 13.5. The molecule has 4 fully saturated rings. The SMILES string of the molecule is CN(C)c1ccc2c(-c3cc(C(=O)NCCCCCOc4ccccc4CC4CC5(C4)CN(C(=O)N4CC6(COC(=O)N6)C4)C5)ccc3C(=O)[O-])c3ccc(=[N+](C)C)cc-3oc2c1. The lowest BCUT2D eigenvalue weighted by Gasteiger charge is -2.61. The van der Waals surface area contributed by atoms with E-state index in [4.69, 9.17) is 13.9 Å². The number of anilines is 1. The number of para-hydroxylation sites is 1. The molecule has 6 aliphatic rings. The zero-order valence-electron chi connectivity index (χ0n) is 36.3. The molecule has 0 atom stereocenters. The third kappa shape index (κ3) is 8.26. The van der Waals surface area contributed by atoms with Gasteiger partial charge in [0.25, 0.3) is 5.91 Å². The second-order valence-corrected chi connectivity index (χ2v) is 18.4. The van der Waals surface area contributed by atoms with Crippen molar-refractivity contribution in [2.24, 2.45) is 11.3 Å². The van der Waals surface area contributed by atoms with Crippen molar-refractivity contribution in [3.8, 4) is 28.2 Å². The highest BCUT2D eigenvalue weighted by atomic mass is 16.6. The molecule has 4 aliphatic heterocycles. The molecule has 3 aromatic rings. The second-order valence-electron chi connectivity index (χ2n) is 18.4. The molecule has 14 nitrogen and oxygen atoms in total. The number of urea groups is 1. The lowest BCUT2D eigenvalue weighted by Crippen LogP contribution is -2.74. The first-order valence-electron chi connectivity index (χ1n) is 21.8. The van der Waals surface area contributed by atoms with Crippen molar-refractivity contribution in [2.45, 2.75) is 44.1 Å². The molecule has 3 aromatic carbocycles. The van der Waals surface area contributed by atoms with E-state index in [1.54, 1.807) is 11.0 Å². The number of ether oxygens (including phenoxy) is 2. The molecule has 1 saturated carbocycles. The van der Waals surface area contributed by atoms with Crippen LogP contribution in [0, 0.1) is 11.3 Å². The van der Waals surface area contributed by atoms with Crippen LogP contribution in [0.15, 0.2) is 83.3 Å². The van der Waals surface area contributed by atoms with Crippen LogP contribution < -0.4 is 35.3 Å². The van der Waals surface area contributed by atoms with Gasteiger partial charge < -0.3 is 49.1 Å². The van der Waals surface area contributed by atoms with Gasteiger partial charge in [0, 0.05) is 84.6 Å². The van der Waals surface area contributed by atoms with Crippen molar-refractivity contribution in [2.75, 3.05) is 79.0 Å². The number of unbranched alkanes of at least 4 members (excludes halogenated alkanes) is 2. The molecule has 2 spiro atoms. The number of carboxylic acid groups (broad SMARTS) is 1. The number of aromatic carboxylic acids is 1. The van der Waals surface area contributed by atoms with Crippen molar-refractivity contribution < 1.29 is 38.2 Å². The van der Waals surface area contributed by atoms with Gasteiger partial charge in [-0.2, -0.15) is 0 Å². The molecule has 4 amide bonds. The monoisotopic (exact) mass is 854 g/mol. The number of fused-ring (bicyclic) bond motifs is 2. The van der Waals surface area contributed by atoms with Crippen LogP contribution in [0.2, 0.25) is 0 Å². The van der Waals surface area contributed by atoms with Crippen molar-refractivity contribution in [3.05, 3.63) is 101 Å². The standard InChI is InChI=1S/C49H54N6O8/c1-52(2)34-13-16-37-41(22-34)63-42-23-35(53(3)4)14-17-38(42)43(37)39-21-33(12-15-36(39)45(57)58)44(56)50-18-8-5-9-19-61-40-11-7-6-10-32(40)20-31-24-48(25-31)26-54(27-48)47(60)55-28-49(29-55)30-62-46(59)51-49/h6-7,10-17,21-23,31H,5,8-9,18-20,24-30H2,1-4H3,(H2-,50,51,56,57,58,59). The topological polar surface area (TPSA) is 160 Å². The van der Waals surface area contributed by atoms with E-state index in [-0.39, 0.29) is 22.9 Å². The van der Waals surface area contributed by atoms with E-state index >= 15 is 0 Å². The van der Waals surface area contributed by atoms with Gasteiger partial charge >= 0.3 is 12.1 Å². The molecule has 3 saturated heterocycles. The zero-order valence-corrected chi connectivity index (χ0v) is 36.3. The first kappa shape index (κ1) is 41.8. The lowest BCUT2D eigenvalue weighted by atomic mass is 9.56. The molecule has 0 bridgehead atoms. The third-order valence-corrected chi connectivity index (χ3v) is 13.2. The Hall–Kier alpha value is -6.57.